The van der Waals surface area contributed by atoms with Crippen LogP contribution in [0, 0.1) is 6.92 Å². The predicted molar refractivity (Wildman–Crippen MR) is 126 cm³/mol. The number of hydrogen-bond acceptors (Lipinski definition) is 3. The van der Waals surface area contributed by atoms with E-state index < -0.39 is 15.9 Å². The first-order valence-corrected chi connectivity index (χ1v) is 11.9. The van der Waals surface area contributed by atoms with Gasteiger partial charge in [0.05, 0.1) is 5.02 Å². The number of hydrogen-bond donors (Lipinski definition) is 2. The van der Waals surface area contributed by atoms with Gasteiger partial charge in [-0.2, -0.15) is 0 Å². The number of nitrogens with one attached hydrogen (secondary N) is 2. The number of aryl methyl sites for hydroxylation is 2. The summed E-state index contributed by atoms with van der Waals surface area (Å²) in [5.41, 5.74) is 3.48. The summed E-state index contributed by atoms with van der Waals surface area (Å²) < 4.78 is 28.2. The zero-order chi connectivity index (χ0) is 22.4. The Morgan fingerprint density at radius 3 is 2.23 bits per heavy atom. The fraction of sp³-hybridized carbons (Fsp3) is 0.208. The van der Waals surface area contributed by atoms with E-state index >= 15 is 0 Å². The van der Waals surface area contributed by atoms with Crippen LogP contribution in [0.5, 0.6) is 0 Å². The lowest BCUT2D eigenvalue weighted by molar-refractivity contribution is 0.102. The maximum absolute atomic E-state index is 12.8. The maximum Gasteiger partial charge on any atom is 0.263 e. The molecule has 0 heterocycles. The summed E-state index contributed by atoms with van der Waals surface area (Å²) in [6.07, 6.45) is 3.24. The van der Waals surface area contributed by atoms with E-state index in [0.29, 0.717) is 11.4 Å². The first-order chi connectivity index (χ1) is 14.8. The molecule has 0 aliphatic heterocycles. The van der Waals surface area contributed by atoms with Crippen LogP contribution in [0.15, 0.2) is 71.6 Å². The van der Waals surface area contributed by atoms with Gasteiger partial charge in [0.2, 0.25) is 0 Å². The van der Waals surface area contributed by atoms with Crippen molar-refractivity contribution in [3.05, 3.63) is 88.4 Å². The summed E-state index contributed by atoms with van der Waals surface area (Å²) in [6, 6.07) is 18.8. The Balaban J connectivity index is 1.78. The highest BCUT2D eigenvalue weighted by Crippen LogP contribution is 2.26. The summed E-state index contributed by atoms with van der Waals surface area (Å²) >= 11 is 6.15. The SMILES string of the molecule is CCCCc1ccc(NC(=O)c2ccc(Cl)c(S(=O)(=O)Nc3ccc(C)cc3)c2)cc1. The molecule has 0 saturated heterocycles. The van der Waals surface area contributed by atoms with Crippen LogP contribution in [0.4, 0.5) is 11.4 Å². The van der Waals surface area contributed by atoms with Crippen molar-refractivity contribution in [3.8, 4) is 0 Å². The molecule has 0 aromatic heterocycles. The molecule has 0 saturated carbocycles. The molecule has 2 N–H and O–H groups in total. The summed E-state index contributed by atoms with van der Waals surface area (Å²) in [6.45, 7) is 4.06. The molecule has 3 aromatic rings. The number of carbonyl (C=O) groups excluding carboxylic acids is 1. The van der Waals surface area contributed by atoms with E-state index in [-0.39, 0.29) is 15.5 Å². The average Bonchev–Trinajstić information content (AvgIpc) is 2.75. The van der Waals surface area contributed by atoms with Gasteiger partial charge in [-0.25, -0.2) is 8.42 Å². The molecule has 31 heavy (non-hydrogen) atoms. The molecule has 3 rings (SSSR count). The Bertz CT molecular complexity index is 1160. The first-order valence-electron chi connectivity index (χ1n) is 10.1. The van der Waals surface area contributed by atoms with E-state index in [4.69, 9.17) is 11.6 Å². The van der Waals surface area contributed by atoms with Crippen molar-refractivity contribution in [2.45, 2.75) is 38.0 Å². The van der Waals surface area contributed by atoms with Crippen LogP contribution in [0.2, 0.25) is 5.02 Å². The van der Waals surface area contributed by atoms with Gasteiger partial charge >= 0.3 is 0 Å². The lowest BCUT2D eigenvalue weighted by Gasteiger charge is -2.12. The average molecular weight is 457 g/mol. The van der Waals surface area contributed by atoms with E-state index in [1.165, 1.54) is 23.8 Å². The van der Waals surface area contributed by atoms with Crippen LogP contribution >= 0.6 is 11.6 Å². The second-order valence-corrected chi connectivity index (χ2v) is 9.43. The summed E-state index contributed by atoms with van der Waals surface area (Å²) in [7, 11) is -3.96. The van der Waals surface area contributed by atoms with Crippen molar-refractivity contribution in [1.82, 2.24) is 0 Å². The molecule has 162 valence electrons. The lowest BCUT2D eigenvalue weighted by atomic mass is 10.1. The fourth-order valence-electron chi connectivity index (χ4n) is 3.02. The van der Waals surface area contributed by atoms with Crippen LogP contribution in [-0.4, -0.2) is 14.3 Å². The molecular formula is C24H25ClN2O3S. The number of carbonyl (C=O) groups is 1. The van der Waals surface area contributed by atoms with Crippen molar-refractivity contribution < 1.29 is 13.2 Å². The smallest absolute Gasteiger partial charge is 0.263 e. The van der Waals surface area contributed by atoms with Crippen molar-refractivity contribution in [3.63, 3.8) is 0 Å². The molecule has 1 amide bonds. The quantitative estimate of drug-likeness (QED) is 0.433. The van der Waals surface area contributed by atoms with Crippen LogP contribution < -0.4 is 10.0 Å². The summed E-state index contributed by atoms with van der Waals surface area (Å²) in [5.74, 6) is -0.412. The van der Waals surface area contributed by atoms with Crippen LogP contribution in [0.25, 0.3) is 0 Å². The number of rotatable bonds is 8. The largest absolute Gasteiger partial charge is 0.322 e. The fourth-order valence-corrected chi connectivity index (χ4v) is 4.61. The number of amides is 1. The minimum atomic E-state index is -3.96. The molecule has 0 radical (unpaired) electrons. The second kappa shape index (κ2) is 9.98. The molecule has 0 aliphatic rings. The van der Waals surface area contributed by atoms with Gasteiger partial charge in [0, 0.05) is 16.9 Å². The van der Waals surface area contributed by atoms with Gasteiger partial charge in [0.15, 0.2) is 0 Å². The molecule has 0 atom stereocenters. The number of anilines is 2. The molecule has 0 fully saturated rings. The van der Waals surface area contributed by atoms with Gasteiger partial charge in [0.1, 0.15) is 4.90 Å². The second-order valence-electron chi connectivity index (χ2n) is 7.37. The molecule has 0 aliphatic carbocycles. The summed E-state index contributed by atoms with van der Waals surface area (Å²) in [4.78, 5) is 12.5. The van der Waals surface area contributed by atoms with Crippen molar-refractivity contribution >= 4 is 38.9 Å². The van der Waals surface area contributed by atoms with Gasteiger partial charge in [-0.1, -0.05) is 54.8 Å². The predicted octanol–water partition coefficient (Wildman–Crippen LogP) is 6.04. The van der Waals surface area contributed by atoms with Crippen molar-refractivity contribution in [2.75, 3.05) is 10.0 Å². The van der Waals surface area contributed by atoms with Gasteiger partial charge in [-0.15, -0.1) is 0 Å². The van der Waals surface area contributed by atoms with Crippen molar-refractivity contribution in [2.24, 2.45) is 0 Å². The number of halogens is 1. The van der Waals surface area contributed by atoms with E-state index in [1.807, 2.05) is 31.2 Å². The third-order valence-corrected chi connectivity index (χ3v) is 6.68. The lowest BCUT2D eigenvalue weighted by Crippen LogP contribution is -2.16. The Hall–Kier alpha value is -2.83. The van der Waals surface area contributed by atoms with Gasteiger partial charge in [0.25, 0.3) is 15.9 Å². The zero-order valence-electron chi connectivity index (χ0n) is 17.5. The third-order valence-electron chi connectivity index (χ3n) is 4.82. The normalized spacial score (nSPS) is 11.2. The molecular weight excluding hydrogens is 432 g/mol. The number of benzene rings is 3. The molecule has 3 aromatic carbocycles. The number of sulfonamides is 1. The summed E-state index contributed by atoms with van der Waals surface area (Å²) in [5, 5.41) is 2.84. The van der Waals surface area contributed by atoms with Gasteiger partial charge < -0.3 is 5.32 Å². The van der Waals surface area contributed by atoms with E-state index in [0.717, 1.165) is 24.8 Å². The minimum Gasteiger partial charge on any atom is -0.322 e. The van der Waals surface area contributed by atoms with E-state index in [9.17, 15) is 13.2 Å². The Morgan fingerprint density at radius 1 is 0.935 bits per heavy atom. The highest BCUT2D eigenvalue weighted by Gasteiger charge is 2.20. The monoisotopic (exact) mass is 456 g/mol. The molecule has 0 spiro atoms. The van der Waals surface area contributed by atoms with Crippen molar-refractivity contribution in [1.29, 1.82) is 0 Å². The molecule has 0 bridgehead atoms. The zero-order valence-corrected chi connectivity index (χ0v) is 19.1. The Kier molecular flexibility index (Phi) is 7.36. The molecule has 7 heteroatoms. The molecule has 0 unspecified atom stereocenters. The standard InChI is InChI=1S/C24H25ClN2O3S/c1-3-4-5-18-8-13-20(14-9-18)26-24(28)19-10-15-22(25)23(16-19)31(29,30)27-21-11-6-17(2)7-12-21/h6-16,27H,3-5H2,1-2H3,(H,26,28). The topological polar surface area (TPSA) is 75.3 Å². The van der Waals surface area contributed by atoms with E-state index in [2.05, 4.69) is 17.0 Å². The Labute approximate surface area is 188 Å². The van der Waals surface area contributed by atoms with Crippen LogP contribution in [0.3, 0.4) is 0 Å². The van der Waals surface area contributed by atoms with Gasteiger partial charge in [-0.3, -0.25) is 9.52 Å². The third kappa shape index (κ3) is 6.09. The first kappa shape index (κ1) is 22.8. The number of unbranched alkanes of at least 4 members (excludes halogenated alkanes) is 1. The van der Waals surface area contributed by atoms with Crippen LogP contribution in [0.1, 0.15) is 41.3 Å². The Morgan fingerprint density at radius 2 is 1.58 bits per heavy atom. The van der Waals surface area contributed by atoms with Gasteiger partial charge in [-0.05, 0) is 67.8 Å². The van der Waals surface area contributed by atoms with E-state index in [1.54, 1.807) is 24.3 Å². The highest BCUT2D eigenvalue weighted by atomic mass is 35.5. The van der Waals surface area contributed by atoms with Crippen LogP contribution in [-0.2, 0) is 16.4 Å². The maximum atomic E-state index is 12.8. The minimum absolute atomic E-state index is 0.0384. The highest BCUT2D eigenvalue weighted by molar-refractivity contribution is 7.92. The molecule has 5 nitrogen and oxygen atoms in total.